The monoisotopic (exact) mass is 389 g/mol. The van der Waals surface area contributed by atoms with Crippen molar-refractivity contribution in [1.29, 1.82) is 0 Å². The third kappa shape index (κ3) is 4.13. The van der Waals surface area contributed by atoms with E-state index in [0.717, 1.165) is 33.1 Å². The molecule has 0 aliphatic rings. The van der Waals surface area contributed by atoms with Gasteiger partial charge in [0.25, 0.3) is 0 Å². The molecule has 6 heteroatoms. The van der Waals surface area contributed by atoms with Gasteiger partial charge in [-0.25, -0.2) is 0 Å². The van der Waals surface area contributed by atoms with Crippen LogP contribution >= 0.6 is 0 Å². The van der Waals surface area contributed by atoms with Crippen molar-refractivity contribution in [2.45, 2.75) is 25.5 Å². The Kier molecular flexibility index (Phi) is 5.55. The molecule has 0 saturated heterocycles. The molecule has 2 aromatic heterocycles. The molecule has 4 aromatic rings. The number of aromatic nitrogens is 2. The number of aliphatic hydroxyl groups is 1. The van der Waals surface area contributed by atoms with Crippen molar-refractivity contribution in [1.82, 2.24) is 15.3 Å². The Balaban J connectivity index is 1.55. The lowest BCUT2D eigenvalue weighted by Crippen LogP contribution is -2.39. The fourth-order valence-electron chi connectivity index (χ4n) is 3.69. The second-order valence-electron chi connectivity index (χ2n) is 7.10. The van der Waals surface area contributed by atoms with E-state index in [9.17, 15) is 15.0 Å². The standard InChI is InChI=1S/C23H23N3O3/c27-14-16-13-18-17-8-4-5-9-19(17)26-22(18)20(25-16)10-11-24-21(23(28)29)12-15-6-2-1-3-7-15/h1-9,13,21,24,26-27H,10-12,14H2,(H,28,29)/t21-/m0/s1. The number of aromatic amines is 1. The summed E-state index contributed by atoms with van der Waals surface area (Å²) in [5, 5.41) is 24.4. The second-order valence-corrected chi connectivity index (χ2v) is 7.10. The Bertz CT molecular complexity index is 1140. The van der Waals surface area contributed by atoms with Gasteiger partial charge in [0, 0.05) is 29.3 Å². The predicted octanol–water partition coefficient (Wildman–Crippen LogP) is 3.04. The van der Waals surface area contributed by atoms with E-state index in [2.05, 4.69) is 15.3 Å². The number of hydrogen-bond acceptors (Lipinski definition) is 4. The van der Waals surface area contributed by atoms with Crippen molar-refractivity contribution in [3.8, 4) is 0 Å². The first kappa shape index (κ1) is 19.1. The van der Waals surface area contributed by atoms with Gasteiger partial charge in [0.05, 0.1) is 23.5 Å². The molecule has 6 nitrogen and oxygen atoms in total. The smallest absolute Gasteiger partial charge is 0.321 e. The lowest BCUT2D eigenvalue weighted by molar-refractivity contribution is -0.139. The van der Waals surface area contributed by atoms with Gasteiger partial charge < -0.3 is 20.5 Å². The number of pyridine rings is 1. The van der Waals surface area contributed by atoms with Gasteiger partial charge in [-0.3, -0.25) is 9.78 Å². The zero-order valence-corrected chi connectivity index (χ0v) is 15.9. The molecular weight excluding hydrogens is 366 g/mol. The van der Waals surface area contributed by atoms with Crippen molar-refractivity contribution in [2.75, 3.05) is 6.54 Å². The van der Waals surface area contributed by atoms with E-state index >= 15 is 0 Å². The first-order valence-corrected chi connectivity index (χ1v) is 9.66. The van der Waals surface area contributed by atoms with Gasteiger partial charge in [-0.15, -0.1) is 0 Å². The summed E-state index contributed by atoms with van der Waals surface area (Å²) in [7, 11) is 0. The number of rotatable bonds is 8. The number of carboxylic acid groups (broad SMARTS) is 1. The van der Waals surface area contributed by atoms with Crippen LogP contribution in [0.15, 0.2) is 60.7 Å². The van der Waals surface area contributed by atoms with Crippen LogP contribution < -0.4 is 5.32 Å². The number of benzene rings is 2. The fraction of sp³-hybridized carbons (Fsp3) is 0.217. The highest BCUT2D eigenvalue weighted by atomic mass is 16.4. The van der Waals surface area contributed by atoms with Crippen LogP contribution in [0.5, 0.6) is 0 Å². The molecule has 0 saturated carbocycles. The number of carboxylic acids is 1. The molecule has 0 spiro atoms. The number of aliphatic hydroxyl groups excluding tert-OH is 1. The first-order valence-electron chi connectivity index (χ1n) is 9.66. The maximum atomic E-state index is 11.7. The van der Waals surface area contributed by atoms with Gasteiger partial charge in [0.1, 0.15) is 6.04 Å². The summed E-state index contributed by atoms with van der Waals surface area (Å²) in [5.41, 5.74) is 4.35. The van der Waals surface area contributed by atoms with Crippen LogP contribution in [0.1, 0.15) is 17.0 Å². The highest BCUT2D eigenvalue weighted by Gasteiger charge is 2.18. The molecule has 0 unspecified atom stereocenters. The van der Waals surface area contributed by atoms with Crippen LogP contribution in [0.3, 0.4) is 0 Å². The number of aliphatic carboxylic acids is 1. The van der Waals surface area contributed by atoms with E-state index in [-0.39, 0.29) is 6.61 Å². The molecule has 0 amide bonds. The van der Waals surface area contributed by atoms with Crippen LogP contribution in [0, 0.1) is 0 Å². The average molecular weight is 389 g/mol. The highest BCUT2D eigenvalue weighted by Crippen LogP contribution is 2.27. The summed E-state index contributed by atoms with van der Waals surface area (Å²) in [5.74, 6) is -0.873. The number of para-hydroxylation sites is 1. The van der Waals surface area contributed by atoms with Gasteiger partial charge >= 0.3 is 5.97 Å². The zero-order valence-electron chi connectivity index (χ0n) is 15.9. The Morgan fingerprint density at radius 1 is 1.07 bits per heavy atom. The van der Waals surface area contributed by atoms with Gasteiger partial charge in [0.2, 0.25) is 0 Å². The lowest BCUT2D eigenvalue weighted by Gasteiger charge is -2.15. The van der Waals surface area contributed by atoms with Gasteiger partial charge in [-0.1, -0.05) is 48.5 Å². The zero-order chi connectivity index (χ0) is 20.2. The van der Waals surface area contributed by atoms with E-state index < -0.39 is 12.0 Å². The summed E-state index contributed by atoms with van der Waals surface area (Å²) in [6.45, 7) is 0.331. The molecule has 4 N–H and O–H groups in total. The number of fused-ring (bicyclic) bond motifs is 3. The Morgan fingerprint density at radius 3 is 2.59 bits per heavy atom. The summed E-state index contributed by atoms with van der Waals surface area (Å²) in [6, 6.07) is 18.8. The van der Waals surface area contributed by atoms with Crippen molar-refractivity contribution >= 4 is 27.8 Å². The highest BCUT2D eigenvalue weighted by molar-refractivity contribution is 6.07. The average Bonchev–Trinajstić information content (AvgIpc) is 3.12. The van der Waals surface area contributed by atoms with Crippen LogP contribution in [-0.4, -0.2) is 38.7 Å². The minimum Gasteiger partial charge on any atom is -0.480 e. The summed E-state index contributed by atoms with van der Waals surface area (Å²) >= 11 is 0. The first-order chi connectivity index (χ1) is 14.2. The van der Waals surface area contributed by atoms with Gasteiger partial charge in [0.15, 0.2) is 0 Å². The Hall–Kier alpha value is -3.22. The molecule has 1 atom stereocenters. The Labute approximate surface area is 168 Å². The molecule has 0 bridgehead atoms. The molecule has 2 aromatic carbocycles. The van der Waals surface area contributed by atoms with Crippen LogP contribution in [0.25, 0.3) is 21.8 Å². The molecule has 0 aliphatic carbocycles. The maximum absolute atomic E-state index is 11.7. The molecular formula is C23H23N3O3. The molecule has 148 valence electrons. The van der Waals surface area contributed by atoms with Gasteiger partial charge in [-0.2, -0.15) is 0 Å². The summed E-state index contributed by atoms with van der Waals surface area (Å²) in [4.78, 5) is 19.6. The van der Waals surface area contributed by atoms with Crippen molar-refractivity contribution in [2.24, 2.45) is 0 Å². The SMILES string of the molecule is O=C(O)[C@H](Cc1ccccc1)NCCc1nc(CO)cc2c1[nH]c1ccccc12. The van der Waals surface area contributed by atoms with Crippen molar-refractivity contribution in [3.63, 3.8) is 0 Å². The molecule has 4 rings (SSSR count). The topological polar surface area (TPSA) is 98.2 Å². The normalized spacial score (nSPS) is 12.4. The Morgan fingerprint density at radius 2 is 1.83 bits per heavy atom. The number of carbonyl (C=O) groups is 1. The van der Waals surface area contributed by atoms with E-state index in [1.54, 1.807) is 0 Å². The molecule has 0 fully saturated rings. The summed E-state index contributed by atoms with van der Waals surface area (Å²) in [6.07, 6.45) is 0.970. The fourth-order valence-corrected chi connectivity index (χ4v) is 3.69. The third-order valence-corrected chi connectivity index (χ3v) is 5.12. The maximum Gasteiger partial charge on any atom is 0.321 e. The molecule has 29 heavy (non-hydrogen) atoms. The minimum absolute atomic E-state index is 0.137. The van der Waals surface area contributed by atoms with Crippen LogP contribution in [0.4, 0.5) is 0 Å². The second kappa shape index (κ2) is 8.43. The predicted molar refractivity (Wildman–Crippen MR) is 113 cm³/mol. The number of H-pyrrole nitrogens is 1. The van der Waals surface area contributed by atoms with Crippen molar-refractivity contribution in [3.05, 3.63) is 77.6 Å². The van der Waals surface area contributed by atoms with E-state index in [4.69, 9.17) is 0 Å². The lowest BCUT2D eigenvalue weighted by atomic mass is 10.1. The number of nitrogens with zero attached hydrogens (tertiary/aromatic N) is 1. The number of hydrogen-bond donors (Lipinski definition) is 4. The van der Waals surface area contributed by atoms with E-state index in [0.29, 0.717) is 25.1 Å². The largest absolute Gasteiger partial charge is 0.480 e. The van der Waals surface area contributed by atoms with E-state index in [1.807, 2.05) is 60.7 Å². The molecule has 0 radical (unpaired) electrons. The molecule has 2 heterocycles. The minimum atomic E-state index is -0.873. The van der Waals surface area contributed by atoms with Crippen LogP contribution in [-0.2, 0) is 24.2 Å². The molecule has 0 aliphatic heterocycles. The quantitative estimate of drug-likeness (QED) is 0.371. The van der Waals surface area contributed by atoms with Gasteiger partial charge in [-0.05, 0) is 24.1 Å². The third-order valence-electron chi connectivity index (χ3n) is 5.12. The van der Waals surface area contributed by atoms with E-state index in [1.165, 1.54) is 0 Å². The van der Waals surface area contributed by atoms with Crippen molar-refractivity contribution < 1.29 is 15.0 Å². The summed E-state index contributed by atoms with van der Waals surface area (Å²) < 4.78 is 0. The van der Waals surface area contributed by atoms with Crippen LogP contribution in [0.2, 0.25) is 0 Å². The number of nitrogens with one attached hydrogen (secondary N) is 2.